The molecule has 3 saturated heterocycles. The first-order valence-corrected chi connectivity index (χ1v) is 9.91. The number of carboxylic acids is 1. The Balaban J connectivity index is 1.43. The summed E-state index contributed by atoms with van der Waals surface area (Å²) in [6.07, 6.45) is 3.63. The number of thiophene rings is 1. The van der Waals surface area contributed by atoms with Crippen LogP contribution in [0.2, 0.25) is 0 Å². The quantitative estimate of drug-likeness (QED) is 0.907. The van der Waals surface area contributed by atoms with Crippen molar-refractivity contribution >= 4 is 49.2 Å². The maximum absolute atomic E-state index is 12.8. The van der Waals surface area contributed by atoms with Gasteiger partial charge in [0, 0.05) is 19.6 Å². The van der Waals surface area contributed by atoms with Gasteiger partial charge >= 0.3 is 5.97 Å². The van der Waals surface area contributed by atoms with E-state index in [0.29, 0.717) is 30.2 Å². The van der Waals surface area contributed by atoms with Crippen molar-refractivity contribution in [2.24, 2.45) is 5.92 Å². The number of thiazole rings is 1. The van der Waals surface area contributed by atoms with E-state index in [1.165, 1.54) is 24.2 Å². The molecule has 1 amide bonds. The molecule has 6 nitrogen and oxygen atoms in total. The number of rotatable bonds is 3. The number of aliphatic carboxylic acids is 1. The van der Waals surface area contributed by atoms with E-state index >= 15 is 0 Å². The monoisotopic (exact) mass is 363 g/mol. The molecule has 126 valence electrons. The Morgan fingerprint density at radius 2 is 2.00 bits per heavy atom. The van der Waals surface area contributed by atoms with Crippen LogP contribution in [0.1, 0.15) is 35.4 Å². The second-order valence-corrected chi connectivity index (χ2v) is 9.04. The molecule has 0 atom stereocenters. The van der Waals surface area contributed by atoms with E-state index in [1.54, 1.807) is 16.2 Å². The van der Waals surface area contributed by atoms with Crippen LogP contribution < -0.4 is 4.90 Å². The zero-order valence-corrected chi connectivity index (χ0v) is 14.7. The van der Waals surface area contributed by atoms with Crippen LogP contribution in [0.3, 0.4) is 0 Å². The highest BCUT2D eigenvalue weighted by Gasteiger charge is 2.63. The lowest BCUT2D eigenvalue weighted by molar-refractivity contribution is -0.151. The van der Waals surface area contributed by atoms with Crippen LogP contribution in [-0.2, 0) is 4.79 Å². The van der Waals surface area contributed by atoms with Crippen LogP contribution in [0, 0.1) is 5.92 Å². The number of hydrogen-bond acceptors (Lipinski definition) is 6. The maximum Gasteiger partial charge on any atom is 0.329 e. The Morgan fingerprint density at radius 3 is 2.67 bits per heavy atom. The second-order valence-electron chi connectivity index (χ2n) is 7.00. The summed E-state index contributed by atoms with van der Waals surface area (Å²) in [6, 6.07) is 1.89. The smallest absolute Gasteiger partial charge is 0.329 e. The molecule has 0 unspecified atom stereocenters. The number of carbonyl (C=O) groups excluding carboxylic acids is 1. The van der Waals surface area contributed by atoms with Gasteiger partial charge < -0.3 is 14.9 Å². The molecule has 2 aromatic rings. The van der Waals surface area contributed by atoms with Gasteiger partial charge in [-0.15, -0.1) is 11.3 Å². The largest absolute Gasteiger partial charge is 0.479 e. The molecule has 4 fully saturated rings. The number of aromatic nitrogens is 1. The Morgan fingerprint density at radius 1 is 1.25 bits per heavy atom. The predicted octanol–water partition coefficient (Wildman–Crippen LogP) is 2.65. The summed E-state index contributed by atoms with van der Waals surface area (Å²) in [5.41, 5.74) is -0.951. The van der Waals surface area contributed by atoms with Crippen molar-refractivity contribution in [2.75, 3.05) is 24.5 Å². The topological polar surface area (TPSA) is 73.7 Å². The summed E-state index contributed by atoms with van der Waals surface area (Å²) >= 11 is 3.02. The molecular formula is C16H17N3O3S2. The van der Waals surface area contributed by atoms with Crippen LogP contribution in [0.15, 0.2) is 6.07 Å². The highest BCUT2D eigenvalue weighted by atomic mass is 32.1. The first kappa shape index (κ1) is 14.7. The van der Waals surface area contributed by atoms with E-state index in [9.17, 15) is 14.7 Å². The van der Waals surface area contributed by atoms with E-state index in [-0.39, 0.29) is 5.91 Å². The summed E-state index contributed by atoms with van der Waals surface area (Å²) in [5, 5.41) is 10.6. The van der Waals surface area contributed by atoms with Gasteiger partial charge in [0.2, 0.25) is 0 Å². The van der Waals surface area contributed by atoms with Crippen LogP contribution in [-0.4, -0.2) is 52.0 Å². The fraction of sp³-hybridized carbons (Fsp3) is 0.562. The molecule has 1 N–H and O–H groups in total. The molecule has 8 heteroatoms. The minimum absolute atomic E-state index is 0.143. The zero-order chi connectivity index (χ0) is 16.5. The third kappa shape index (κ3) is 1.89. The zero-order valence-electron chi connectivity index (χ0n) is 13.0. The van der Waals surface area contributed by atoms with Crippen LogP contribution in [0.5, 0.6) is 0 Å². The Hall–Kier alpha value is -1.67. The van der Waals surface area contributed by atoms with Crippen molar-refractivity contribution in [2.45, 2.75) is 31.2 Å². The number of fused-ring (bicyclic) bond motifs is 2. The molecule has 24 heavy (non-hydrogen) atoms. The van der Waals surface area contributed by atoms with Gasteiger partial charge in [0.05, 0.1) is 9.58 Å². The molecule has 0 spiro atoms. The standard InChI is InChI=1S/C16H17N3O3S2/c20-13(19-8-9-6-16(19,7-9)14(21)22)11-5-10-12(23-11)17-15(24-10)18-3-1-2-4-18/h5,9H,1-4,6-8H2,(H,21,22). The minimum Gasteiger partial charge on any atom is -0.479 e. The Kier molecular flexibility index (Phi) is 3.00. The average molecular weight is 363 g/mol. The molecule has 0 radical (unpaired) electrons. The van der Waals surface area contributed by atoms with Crippen LogP contribution in [0.4, 0.5) is 5.13 Å². The third-order valence-corrected chi connectivity index (χ3v) is 7.73. The van der Waals surface area contributed by atoms with Crippen molar-refractivity contribution in [3.8, 4) is 0 Å². The summed E-state index contributed by atoms with van der Waals surface area (Å²) in [6.45, 7) is 2.69. The molecule has 3 aliphatic heterocycles. The van der Waals surface area contributed by atoms with E-state index in [4.69, 9.17) is 0 Å². The first-order chi connectivity index (χ1) is 11.6. The number of anilines is 1. The normalized spacial score (nSPS) is 28.6. The number of carbonyl (C=O) groups is 2. The van der Waals surface area contributed by atoms with Gasteiger partial charge in [0.25, 0.3) is 5.91 Å². The van der Waals surface area contributed by atoms with Gasteiger partial charge in [-0.3, -0.25) is 4.79 Å². The predicted molar refractivity (Wildman–Crippen MR) is 93.1 cm³/mol. The van der Waals surface area contributed by atoms with Crippen LogP contribution in [0.25, 0.3) is 9.53 Å². The molecule has 1 saturated carbocycles. The lowest BCUT2D eigenvalue weighted by Crippen LogP contribution is -2.54. The SMILES string of the molecule is O=C(c1cc2sc(N3CCCC3)nc2s1)N1CC2CC1(C(=O)O)C2. The Bertz CT molecular complexity index is 814. The summed E-state index contributed by atoms with van der Waals surface area (Å²) < 4.78 is 1.03. The van der Waals surface area contributed by atoms with Gasteiger partial charge in [-0.25, -0.2) is 9.78 Å². The van der Waals surface area contributed by atoms with Gasteiger partial charge in [-0.1, -0.05) is 11.3 Å². The molecule has 2 bridgehead atoms. The summed E-state index contributed by atoms with van der Waals surface area (Å²) in [5.74, 6) is -0.654. The highest BCUT2D eigenvalue weighted by molar-refractivity contribution is 7.29. The number of amides is 1. The minimum atomic E-state index is -0.951. The molecular weight excluding hydrogens is 346 g/mol. The maximum atomic E-state index is 12.8. The van der Waals surface area contributed by atoms with Crippen LogP contribution >= 0.6 is 22.7 Å². The van der Waals surface area contributed by atoms with Crippen molar-refractivity contribution in [1.82, 2.24) is 9.88 Å². The highest BCUT2D eigenvalue weighted by Crippen LogP contribution is 2.51. The molecule has 5 heterocycles. The molecule has 2 aromatic heterocycles. The molecule has 0 aromatic carbocycles. The van der Waals surface area contributed by atoms with E-state index in [0.717, 1.165) is 27.8 Å². The fourth-order valence-corrected chi connectivity index (χ4v) is 6.46. The number of nitrogens with zero attached hydrogens (tertiary/aromatic N) is 3. The summed E-state index contributed by atoms with van der Waals surface area (Å²) in [7, 11) is 0. The Labute approximate surface area is 146 Å². The van der Waals surface area contributed by atoms with Crippen molar-refractivity contribution < 1.29 is 14.7 Å². The van der Waals surface area contributed by atoms with E-state index in [1.807, 2.05) is 6.07 Å². The first-order valence-electron chi connectivity index (χ1n) is 8.27. The fourth-order valence-electron chi connectivity index (χ4n) is 4.25. The van der Waals surface area contributed by atoms with Gasteiger partial charge in [0.15, 0.2) is 5.13 Å². The van der Waals surface area contributed by atoms with E-state index in [2.05, 4.69) is 9.88 Å². The molecule has 6 rings (SSSR count). The molecule has 4 aliphatic rings. The lowest BCUT2D eigenvalue weighted by Gasteiger charge is -2.37. The number of hydrogen-bond donors (Lipinski definition) is 1. The molecule has 1 aliphatic carbocycles. The number of carboxylic acid groups (broad SMARTS) is 1. The van der Waals surface area contributed by atoms with Gasteiger partial charge in [-0.2, -0.15) is 0 Å². The lowest BCUT2D eigenvalue weighted by atomic mass is 9.73. The third-order valence-electron chi connectivity index (χ3n) is 5.52. The average Bonchev–Trinajstić information content (AvgIpc) is 3.26. The van der Waals surface area contributed by atoms with E-state index < -0.39 is 11.5 Å². The second kappa shape index (κ2) is 4.92. The van der Waals surface area contributed by atoms with Crippen molar-refractivity contribution in [3.05, 3.63) is 10.9 Å². The van der Waals surface area contributed by atoms with Gasteiger partial charge in [-0.05, 0) is 37.7 Å². The van der Waals surface area contributed by atoms with Crippen molar-refractivity contribution in [1.29, 1.82) is 0 Å². The van der Waals surface area contributed by atoms with Crippen molar-refractivity contribution in [3.63, 3.8) is 0 Å². The van der Waals surface area contributed by atoms with Gasteiger partial charge in [0.1, 0.15) is 10.4 Å². The summed E-state index contributed by atoms with van der Waals surface area (Å²) in [4.78, 5) is 34.5.